The van der Waals surface area contributed by atoms with Crippen molar-refractivity contribution in [2.75, 3.05) is 32.5 Å². The molecule has 4 atom stereocenters. The first-order valence-electron chi connectivity index (χ1n) is 10.2. The van der Waals surface area contributed by atoms with E-state index in [-0.39, 0.29) is 17.9 Å². The molecule has 0 bridgehead atoms. The van der Waals surface area contributed by atoms with Gasteiger partial charge < -0.3 is 15.5 Å². The van der Waals surface area contributed by atoms with E-state index in [0.717, 1.165) is 37.2 Å². The van der Waals surface area contributed by atoms with Gasteiger partial charge >= 0.3 is 6.18 Å². The van der Waals surface area contributed by atoms with Crippen LogP contribution < -0.4 is 10.6 Å². The van der Waals surface area contributed by atoms with Crippen molar-refractivity contribution in [3.8, 4) is 0 Å². The number of benzene rings is 2. The van der Waals surface area contributed by atoms with Crippen molar-refractivity contribution >= 4 is 5.69 Å². The van der Waals surface area contributed by atoms with Crippen molar-refractivity contribution in [1.29, 1.82) is 0 Å². The van der Waals surface area contributed by atoms with Crippen molar-refractivity contribution in [2.45, 2.75) is 37.0 Å². The smallest absolute Gasteiger partial charge is 0.378 e. The summed E-state index contributed by atoms with van der Waals surface area (Å²) in [5.74, 6) is 0.390. The Kier molecular flexibility index (Phi) is 5.58. The zero-order valence-electron chi connectivity index (χ0n) is 16.8. The molecule has 1 fully saturated rings. The van der Waals surface area contributed by atoms with Crippen LogP contribution in [0.5, 0.6) is 0 Å². The second-order valence-corrected chi connectivity index (χ2v) is 8.53. The highest BCUT2D eigenvalue weighted by atomic mass is 19.4. The van der Waals surface area contributed by atoms with E-state index in [9.17, 15) is 13.2 Å². The van der Waals surface area contributed by atoms with Gasteiger partial charge in [-0.15, -0.1) is 0 Å². The van der Waals surface area contributed by atoms with Gasteiger partial charge in [0, 0.05) is 24.8 Å². The zero-order chi connectivity index (χ0) is 20.6. The summed E-state index contributed by atoms with van der Waals surface area (Å²) in [6.07, 6.45) is -2.49. The van der Waals surface area contributed by atoms with Crippen LogP contribution in [0.15, 0.2) is 48.5 Å². The first-order valence-corrected chi connectivity index (χ1v) is 10.2. The van der Waals surface area contributed by atoms with E-state index in [4.69, 9.17) is 0 Å². The van der Waals surface area contributed by atoms with E-state index < -0.39 is 11.7 Å². The van der Waals surface area contributed by atoms with Gasteiger partial charge in [0.15, 0.2) is 0 Å². The summed E-state index contributed by atoms with van der Waals surface area (Å²) in [4.78, 5) is 2.13. The van der Waals surface area contributed by atoms with Gasteiger partial charge in [-0.25, -0.2) is 0 Å². The molecular weight excluding hydrogens is 375 g/mol. The van der Waals surface area contributed by atoms with Gasteiger partial charge in [-0.1, -0.05) is 30.3 Å². The van der Waals surface area contributed by atoms with Crippen LogP contribution in [-0.4, -0.2) is 38.1 Å². The highest BCUT2D eigenvalue weighted by Crippen LogP contribution is 2.53. The quantitative estimate of drug-likeness (QED) is 0.745. The molecule has 3 nitrogen and oxygen atoms in total. The van der Waals surface area contributed by atoms with E-state index in [2.05, 4.69) is 27.7 Å². The SMILES string of the molecule is CN(C)CCN[C@H]1CC2c3cc(C(F)(F)F)ccc3N[C@@H](c3ccccc3)[C@@H]2C1. The predicted molar refractivity (Wildman–Crippen MR) is 110 cm³/mol. The normalized spacial score (nSPS) is 26.1. The van der Waals surface area contributed by atoms with Crippen LogP contribution in [-0.2, 0) is 6.18 Å². The largest absolute Gasteiger partial charge is 0.416 e. The van der Waals surface area contributed by atoms with Crippen molar-refractivity contribution in [1.82, 2.24) is 10.2 Å². The third-order valence-corrected chi connectivity index (χ3v) is 6.28. The lowest BCUT2D eigenvalue weighted by Crippen LogP contribution is -2.33. The average Bonchev–Trinajstić information content (AvgIpc) is 3.11. The van der Waals surface area contributed by atoms with Crippen LogP contribution in [0.1, 0.15) is 41.5 Å². The van der Waals surface area contributed by atoms with Crippen LogP contribution in [0.2, 0.25) is 0 Å². The molecule has 1 aliphatic heterocycles. The molecule has 4 rings (SSSR count). The number of rotatable bonds is 5. The molecule has 0 amide bonds. The molecule has 2 N–H and O–H groups in total. The van der Waals surface area contributed by atoms with Crippen LogP contribution in [0, 0.1) is 5.92 Å². The fourth-order valence-corrected chi connectivity index (χ4v) is 4.90. The minimum atomic E-state index is -4.32. The molecule has 1 aliphatic carbocycles. The molecule has 1 saturated carbocycles. The number of hydrogen-bond acceptors (Lipinski definition) is 3. The second kappa shape index (κ2) is 8.00. The van der Waals surface area contributed by atoms with Crippen LogP contribution in [0.4, 0.5) is 18.9 Å². The topological polar surface area (TPSA) is 27.3 Å². The summed E-state index contributed by atoms with van der Waals surface area (Å²) in [5.41, 5.74) is 2.29. The van der Waals surface area contributed by atoms with Crippen LogP contribution in [0.3, 0.4) is 0 Å². The third-order valence-electron chi connectivity index (χ3n) is 6.28. The maximum absolute atomic E-state index is 13.3. The summed E-state index contributed by atoms with van der Waals surface area (Å²) in [7, 11) is 4.08. The predicted octanol–water partition coefficient (Wildman–Crippen LogP) is 4.89. The lowest BCUT2D eigenvalue weighted by atomic mass is 9.77. The van der Waals surface area contributed by atoms with E-state index in [1.54, 1.807) is 6.07 Å². The fourth-order valence-electron chi connectivity index (χ4n) is 4.90. The molecule has 0 saturated heterocycles. The van der Waals surface area contributed by atoms with Crippen molar-refractivity contribution in [2.24, 2.45) is 5.92 Å². The highest BCUT2D eigenvalue weighted by molar-refractivity contribution is 5.59. The zero-order valence-corrected chi connectivity index (χ0v) is 16.8. The summed E-state index contributed by atoms with van der Waals surface area (Å²) in [5, 5.41) is 7.18. The van der Waals surface area contributed by atoms with Gasteiger partial charge in [0.05, 0.1) is 11.6 Å². The molecule has 156 valence electrons. The van der Waals surface area contributed by atoms with Crippen molar-refractivity contribution < 1.29 is 13.2 Å². The molecule has 6 heteroatoms. The number of nitrogens with zero attached hydrogens (tertiary/aromatic N) is 1. The monoisotopic (exact) mass is 403 g/mol. The fraction of sp³-hybridized carbons (Fsp3) is 0.478. The minimum Gasteiger partial charge on any atom is -0.378 e. The number of anilines is 1. The van der Waals surface area contributed by atoms with Gasteiger partial charge in [-0.05, 0) is 68.1 Å². The van der Waals surface area contributed by atoms with Gasteiger partial charge in [-0.2, -0.15) is 13.2 Å². The Morgan fingerprint density at radius 1 is 1.07 bits per heavy atom. The molecule has 2 aromatic rings. The van der Waals surface area contributed by atoms with Gasteiger partial charge in [0.1, 0.15) is 0 Å². The second-order valence-electron chi connectivity index (χ2n) is 8.53. The van der Waals surface area contributed by atoms with Crippen molar-refractivity contribution in [3.63, 3.8) is 0 Å². The summed E-state index contributed by atoms with van der Waals surface area (Å²) >= 11 is 0. The molecule has 0 spiro atoms. The van der Waals surface area contributed by atoms with E-state index in [1.807, 2.05) is 32.3 Å². The molecule has 29 heavy (non-hydrogen) atoms. The molecule has 2 aliphatic rings. The molecule has 0 aromatic heterocycles. The Bertz CT molecular complexity index is 835. The number of hydrogen-bond donors (Lipinski definition) is 2. The number of halogens is 3. The summed E-state index contributed by atoms with van der Waals surface area (Å²) in [6.45, 7) is 1.83. The van der Waals surface area contributed by atoms with Crippen LogP contribution >= 0.6 is 0 Å². The Morgan fingerprint density at radius 2 is 1.83 bits per heavy atom. The first kappa shape index (κ1) is 20.2. The Morgan fingerprint density at radius 3 is 2.52 bits per heavy atom. The Balaban J connectivity index is 1.65. The van der Waals surface area contributed by atoms with Crippen molar-refractivity contribution in [3.05, 3.63) is 65.2 Å². The molecule has 1 unspecified atom stereocenters. The Labute approximate surface area is 170 Å². The van der Waals surface area contributed by atoms with E-state index >= 15 is 0 Å². The number of fused-ring (bicyclic) bond motifs is 3. The lowest BCUT2D eigenvalue weighted by molar-refractivity contribution is -0.137. The van der Waals surface area contributed by atoms with Crippen LogP contribution in [0.25, 0.3) is 0 Å². The minimum absolute atomic E-state index is 0.117. The highest BCUT2D eigenvalue weighted by Gasteiger charge is 2.45. The maximum Gasteiger partial charge on any atom is 0.416 e. The molecule has 1 heterocycles. The lowest BCUT2D eigenvalue weighted by Gasteiger charge is -2.38. The standard InChI is InChI=1S/C23H28F3N3/c1-29(2)11-10-27-17-13-18-19-12-16(23(24,25)26)8-9-21(19)28-22(20(18)14-17)15-6-4-3-5-7-15/h3-9,12,17-18,20,22,27-28H,10-11,13-14H2,1-2H3/t17-,18?,20+,22-/m0/s1. The third kappa shape index (κ3) is 4.28. The summed E-state index contributed by atoms with van der Waals surface area (Å²) in [6, 6.07) is 14.9. The molecule has 0 radical (unpaired) electrons. The molecule has 2 aromatic carbocycles. The Hall–Kier alpha value is -2.05. The molecular formula is C23H28F3N3. The summed E-state index contributed by atoms with van der Waals surface area (Å²) < 4.78 is 40.0. The number of likely N-dealkylation sites (N-methyl/N-ethyl adjacent to an activating group) is 1. The van der Waals surface area contributed by atoms with Gasteiger partial charge in [0.2, 0.25) is 0 Å². The van der Waals surface area contributed by atoms with E-state index in [1.165, 1.54) is 17.7 Å². The van der Waals surface area contributed by atoms with Gasteiger partial charge in [-0.3, -0.25) is 0 Å². The average molecular weight is 403 g/mol. The maximum atomic E-state index is 13.3. The first-order chi connectivity index (χ1) is 13.8. The van der Waals surface area contributed by atoms with Gasteiger partial charge in [0.25, 0.3) is 0 Å². The van der Waals surface area contributed by atoms with E-state index in [0.29, 0.717) is 6.04 Å². The number of alkyl halides is 3. The number of nitrogens with one attached hydrogen (secondary N) is 2.